The summed E-state index contributed by atoms with van der Waals surface area (Å²) in [5, 5.41) is 0. The van der Waals surface area contributed by atoms with Crippen LogP contribution in [0.3, 0.4) is 0 Å². The molecule has 19 heavy (non-hydrogen) atoms. The molecule has 0 aromatic heterocycles. The van der Waals surface area contributed by atoms with Crippen molar-refractivity contribution in [2.24, 2.45) is 5.73 Å². The molecule has 0 spiro atoms. The first-order valence-corrected chi connectivity index (χ1v) is 5.82. The largest absolute Gasteiger partial charge is 0.481 e. The van der Waals surface area contributed by atoms with Gasteiger partial charge in [-0.1, -0.05) is 0 Å². The van der Waals surface area contributed by atoms with E-state index < -0.39 is 41.2 Å². The predicted molar refractivity (Wildman–Crippen MR) is 58.7 cm³/mol. The molecule has 1 aromatic rings. The van der Waals surface area contributed by atoms with E-state index in [9.17, 15) is 17.6 Å². The lowest BCUT2D eigenvalue weighted by atomic mass is 9.86. The molecular formula is C12H13F4NO2. The van der Waals surface area contributed by atoms with Gasteiger partial charge in [-0.05, 0) is 6.92 Å². The van der Waals surface area contributed by atoms with Gasteiger partial charge in [-0.25, -0.2) is 8.78 Å². The average Bonchev–Trinajstić information content (AvgIpc) is 2.37. The fourth-order valence-electron chi connectivity index (χ4n) is 1.96. The second-order valence-electron chi connectivity index (χ2n) is 4.27. The van der Waals surface area contributed by atoms with E-state index in [1.807, 2.05) is 0 Å². The fraction of sp³-hybridized carbons (Fsp3) is 0.500. The minimum Gasteiger partial charge on any atom is -0.481 e. The lowest BCUT2D eigenvalue weighted by Gasteiger charge is -2.41. The molecule has 1 aliphatic rings. The Hall–Kier alpha value is -1.34. The smallest absolute Gasteiger partial charge is 0.203 e. The van der Waals surface area contributed by atoms with Crippen LogP contribution in [0.5, 0.6) is 5.75 Å². The number of benzene rings is 1. The van der Waals surface area contributed by atoms with Crippen molar-refractivity contribution in [2.45, 2.75) is 31.6 Å². The average molecular weight is 279 g/mol. The SMILES string of the molecule is CCOC1C(N)CC1Oc1c(F)c(F)cc(F)c1F. The third-order valence-electron chi connectivity index (χ3n) is 2.99. The van der Waals surface area contributed by atoms with E-state index in [1.165, 1.54) is 0 Å². The number of hydrogen-bond acceptors (Lipinski definition) is 3. The summed E-state index contributed by atoms with van der Waals surface area (Å²) in [6.45, 7) is 2.08. The minimum atomic E-state index is -1.56. The van der Waals surface area contributed by atoms with Crippen molar-refractivity contribution in [3.8, 4) is 5.75 Å². The summed E-state index contributed by atoms with van der Waals surface area (Å²) < 4.78 is 63.0. The molecule has 0 bridgehead atoms. The summed E-state index contributed by atoms with van der Waals surface area (Å²) in [6, 6.07) is -0.196. The Balaban J connectivity index is 2.20. The molecule has 3 nitrogen and oxygen atoms in total. The molecule has 1 aliphatic carbocycles. The van der Waals surface area contributed by atoms with Gasteiger partial charge in [0.1, 0.15) is 12.2 Å². The van der Waals surface area contributed by atoms with Gasteiger partial charge in [-0.3, -0.25) is 0 Å². The van der Waals surface area contributed by atoms with Crippen LogP contribution in [-0.4, -0.2) is 24.9 Å². The van der Waals surface area contributed by atoms with Crippen LogP contribution in [0.1, 0.15) is 13.3 Å². The van der Waals surface area contributed by atoms with E-state index in [-0.39, 0.29) is 12.1 Å². The van der Waals surface area contributed by atoms with Crippen LogP contribution in [0.15, 0.2) is 6.07 Å². The number of halogens is 4. The van der Waals surface area contributed by atoms with Gasteiger partial charge in [0, 0.05) is 25.1 Å². The second-order valence-corrected chi connectivity index (χ2v) is 4.27. The van der Waals surface area contributed by atoms with Gasteiger partial charge in [-0.2, -0.15) is 8.78 Å². The Morgan fingerprint density at radius 2 is 1.79 bits per heavy atom. The Kier molecular flexibility index (Phi) is 3.96. The lowest BCUT2D eigenvalue weighted by molar-refractivity contribution is -0.0968. The first-order valence-electron chi connectivity index (χ1n) is 5.82. The Morgan fingerprint density at radius 3 is 2.26 bits per heavy atom. The van der Waals surface area contributed by atoms with Crippen molar-refractivity contribution < 1.29 is 27.0 Å². The lowest BCUT2D eigenvalue weighted by Crippen LogP contribution is -2.59. The Labute approximate surface area is 107 Å². The maximum atomic E-state index is 13.4. The van der Waals surface area contributed by atoms with Crippen LogP contribution in [0.4, 0.5) is 17.6 Å². The predicted octanol–water partition coefficient (Wildman–Crippen LogP) is 2.13. The molecule has 1 aromatic carbocycles. The highest BCUT2D eigenvalue weighted by Gasteiger charge is 2.42. The van der Waals surface area contributed by atoms with Gasteiger partial charge in [0.2, 0.25) is 11.6 Å². The third-order valence-corrected chi connectivity index (χ3v) is 2.99. The van der Waals surface area contributed by atoms with Gasteiger partial charge in [0.05, 0.1) is 0 Å². The maximum Gasteiger partial charge on any atom is 0.203 e. The highest BCUT2D eigenvalue weighted by atomic mass is 19.2. The molecule has 2 rings (SSSR count). The minimum absolute atomic E-state index is 0.129. The molecule has 0 heterocycles. The van der Waals surface area contributed by atoms with E-state index in [4.69, 9.17) is 15.2 Å². The van der Waals surface area contributed by atoms with Gasteiger partial charge in [0.15, 0.2) is 17.4 Å². The number of ether oxygens (including phenoxy) is 2. The van der Waals surface area contributed by atoms with E-state index in [1.54, 1.807) is 6.92 Å². The highest BCUT2D eigenvalue weighted by Crippen LogP contribution is 2.32. The number of nitrogens with two attached hydrogens (primary N) is 1. The normalized spacial score (nSPS) is 26.1. The molecule has 2 N–H and O–H groups in total. The van der Waals surface area contributed by atoms with Crippen LogP contribution in [0.2, 0.25) is 0 Å². The van der Waals surface area contributed by atoms with Crippen molar-refractivity contribution in [1.29, 1.82) is 0 Å². The summed E-state index contributed by atoms with van der Waals surface area (Å²) in [7, 11) is 0. The van der Waals surface area contributed by atoms with E-state index in [2.05, 4.69) is 0 Å². The Morgan fingerprint density at radius 1 is 1.21 bits per heavy atom. The second kappa shape index (κ2) is 5.34. The Bertz CT molecular complexity index is 457. The van der Waals surface area contributed by atoms with Crippen molar-refractivity contribution in [1.82, 2.24) is 0 Å². The topological polar surface area (TPSA) is 44.5 Å². The van der Waals surface area contributed by atoms with Crippen LogP contribution < -0.4 is 10.5 Å². The zero-order valence-electron chi connectivity index (χ0n) is 10.1. The monoisotopic (exact) mass is 279 g/mol. The highest BCUT2D eigenvalue weighted by molar-refractivity contribution is 5.29. The van der Waals surface area contributed by atoms with Gasteiger partial charge in [-0.15, -0.1) is 0 Å². The molecule has 1 fully saturated rings. The van der Waals surface area contributed by atoms with Crippen LogP contribution in [0.25, 0.3) is 0 Å². The standard InChI is InChI=1S/C12H13F4NO2/c1-2-18-11-7(17)4-8(11)19-12-9(15)5(13)3-6(14)10(12)16/h3,7-8,11H,2,4,17H2,1H3. The summed E-state index contributed by atoms with van der Waals surface area (Å²) >= 11 is 0. The molecule has 1 saturated carbocycles. The zero-order valence-corrected chi connectivity index (χ0v) is 10.1. The molecule has 106 valence electrons. The molecule has 0 saturated heterocycles. The van der Waals surface area contributed by atoms with E-state index in [0.29, 0.717) is 13.0 Å². The first kappa shape index (κ1) is 14.1. The summed E-state index contributed by atoms with van der Waals surface area (Å²) in [5.41, 5.74) is 5.65. The summed E-state index contributed by atoms with van der Waals surface area (Å²) in [4.78, 5) is 0. The van der Waals surface area contributed by atoms with Crippen LogP contribution in [0, 0.1) is 23.3 Å². The van der Waals surface area contributed by atoms with E-state index in [0.717, 1.165) is 0 Å². The molecule has 0 amide bonds. The van der Waals surface area contributed by atoms with Crippen molar-refractivity contribution in [2.75, 3.05) is 6.61 Å². The third kappa shape index (κ3) is 2.52. The number of hydrogen-bond donors (Lipinski definition) is 1. The van der Waals surface area contributed by atoms with Crippen molar-refractivity contribution in [3.63, 3.8) is 0 Å². The van der Waals surface area contributed by atoms with Crippen molar-refractivity contribution >= 4 is 0 Å². The number of rotatable bonds is 4. The van der Waals surface area contributed by atoms with Crippen molar-refractivity contribution in [3.05, 3.63) is 29.3 Å². The van der Waals surface area contributed by atoms with Crippen LogP contribution >= 0.6 is 0 Å². The molecule has 0 aliphatic heterocycles. The maximum absolute atomic E-state index is 13.4. The van der Waals surface area contributed by atoms with Gasteiger partial charge in [0.25, 0.3) is 0 Å². The molecule has 0 radical (unpaired) electrons. The molecule has 3 unspecified atom stereocenters. The quantitative estimate of drug-likeness (QED) is 0.678. The van der Waals surface area contributed by atoms with Crippen LogP contribution in [-0.2, 0) is 4.74 Å². The van der Waals surface area contributed by atoms with E-state index >= 15 is 0 Å². The summed E-state index contributed by atoms with van der Waals surface area (Å²) in [6.07, 6.45) is -0.975. The molecular weight excluding hydrogens is 266 g/mol. The first-order chi connectivity index (χ1) is 8.95. The van der Waals surface area contributed by atoms with Gasteiger partial charge < -0.3 is 15.2 Å². The van der Waals surface area contributed by atoms with Gasteiger partial charge >= 0.3 is 0 Å². The molecule has 7 heteroatoms. The zero-order chi connectivity index (χ0) is 14.2. The fourth-order valence-corrected chi connectivity index (χ4v) is 1.96. The summed E-state index contributed by atoms with van der Waals surface area (Å²) in [5.74, 6) is -7.21. The molecule has 3 atom stereocenters.